The molecule has 1 saturated heterocycles. The summed E-state index contributed by atoms with van der Waals surface area (Å²) in [5.41, 5.74) is 2.18. The van der Waals surface area contributed by atoms with Crippen LogP contribution in [0.1, 0.15) is 25.3 Å². The molecule has 1 amide bonds. The number of para-hydroxylation sites is 1. The molecule has 102 valence electrons. The Kier molecular flexibility index (Phi) is 3.19. The second-order valence-electron chi connectivity index (χ2n) is 5.75. The fraction of sp³-hybridized carbons (Fsp3) is 0.533. The predicted octanol–water partition coefficient (Wildman–Crippen LogP) is 1.71. The van der Waals surface area contributed by atoms with Gasteiger partial charge in [0, 0.05) is 12.3 Å². The van der Waals surface area contributed by atoms with Gasteiger partial charge in [0.25, 0.3) is 0 Å². The molecule has 2 heterocycles. The second kappa shape index (κ2) is 4.85. The molecular formula is C15H20N2O2. The van der Waals surface area contributed by atoms with Crippen molar-refractivity contribution in [2.45, 2.75) is 37.8 Å². The van der Waals surface area contributed by atoms with Crippen molar-refractivity contribution in [1.82, 2.24) is 5.32 Å². The molecule has 19 heavy (non-hydrogen) atoms. The summed E-state index contributed by atoms with van der Waals surface area (Å²) in [6.07, 6.45) is 2.69. The third-order valence-electron chi connectivity index (χ3n) is 4.01. The minimum Gasteiger partial charge on any atom is -0.379 e. The van der Waals surface area contributed by atoms with Gasteiger partial charge in [-0.25, -0.2) is 0 Å². The van der Waals surface area contributed by atoms with E-state index in [0.29, 0.717) is 6.61 Å². The highest BCUT2D eigenvalue weighted by Gasteiger charge is 2.34. The molecule has 4 heteroatoms. The van der Waals surface area contributed by atoms with Gasteiger partial charge < -0.3 is 15.4 Å². The van der Waals surface area contributed by atoms with E-state index in [4.69, 9.17) is 4.74 Å². The van der Waals surface area contributed by atoms with E-state index < -0.39 is 0 Å². The Labute approximate surface area is 113 Å². The van der Waals surface area contributed by atoms with Crippen LogP contribution in [0.4, 0.5) is 5.69 Å². The lowest BCUT2D eigenvalue weighted by Crippen LogP contribution is -2.52. The Morgan fingerprint density at radius 2 is 2.32 bits per heavy atom. The Balaban J connectivity index is 1.66. The number of nitrogens with one attached hydrogen (secondary N) is 2. The molecule has 1 fully saturated rings. The lowest BCUT2D eigenvalue weighted by molar-refractivity contribution is -0.123. The lowest BCUT2D eigenvalue weighted by atomic mass is 9.96. The van der Waals surface area contributed by atoms with Gasteiger partial charge in [-0.05, 0) is 37.8 Å². The third-order valence-corrected chi connectivity index (χ3v) is 4.01. The molecule has 2 aliphatic rings. The number of anilines is 1. The van der Waals surface area contributed by atoms with Gasteiger partial charge in [0.1, 0.15) is 6.04 Å². The van der Waals surface area contributed by atoms with Crippen molar-refractivity contribution in [3.05, 3.63) is 29.8 Å². The molecule has 2 atom stereocenters. The smallest absolute Gasteiger partial charge is 0.243 e. The zero-order valence-corrected chi connectivity index (χ0v) is 11.2. The van der Waals surface area contributed by atoms with Crippen molar-refractivity contribution in [2.24, 2.45) is 0 Å². The quantitative estimate of drug-likeness (QED) is 0.851. The third kappa shape index (κ3) is 2.59. The fourth-order valence-corrected chi connectivity index (χ4v) is 2.79. The molecule has 4 nitrogen and oxygen atoms in total. The SMILES string of the molecule is CC1(NC(=O)C2CCc3ccccc3N2)CCOC1. The molecule has 1 aromatic carbocycles. The fourth-order valence-electron chi connectivity index (χ4n) is 2.79. The van der Waals surface area contributed by atoms with Crippen LogP contribution in [0, 0.1) is 0 Å². The summed E-state index contributed by atoms with van der Waals surface area (Å²) in [4.78, 5) is 12.3. The van der Waals surface area contributed by atoms with E-state index in [1.807, 2.05) is 18.2 Å². The summed E-state index contributed by atoms with van der Waals surface area (Å²) in [7, 11) is 0. The van der Waals surface area contributed by atoms with E-state index >= 15 is 0 Å². The standard InChI is InChI=1S/C15H20N2O2/c1-15(8-9-19-10-15)17-14(18)13-7-6-11-4-2-3-5-12(11)16-13/h2-5,13,16H,6-10H2,1H3,(H,17,18). The van der Waals surface area contributed by atoms with E-state index in [0.717, 1.165) is 31.6 Å². The minimum absolute atomic E-state index is 0.0857. The molecule has 2 N–H and O–H groups in total. The summed E-state index contributed by atoms with van der Waals surface area (Å²) in [6.45, 7) is 3.40. The first kappa shape index (κ1) is 12.5. The van der Waals surface area contributed by atoms with E-state index in [9.17, 15) is 4.79 Å². The maximum Gasteiger partial charge on any atom is 0.243 e. The van der Waals surface area contributed by atoms with Crippen LogP contribution < -0.4 is 10.6 Å². The average Bonchev–Trinajstić information content (AvgIpc) is 2.84. The maximum atomic E-state index is 12.3. The maximum absolute atomic E-state index is 12.3. The molecule has 2 aliphatic heterocycles. The largest absolute Gasteiger partial charge is 0.379 e. The highest BCUT2D eigenvalue weighted by Crippen LogP contribution is 2.25. The summed E-state index contributed by atoms with van der Waals surface area (Å²) in [5.74, 6) is 0.0857. The molecule has 0 bridgehead atoms. The van der Waals surface area contributed by atoms with Crippen molar-refractivity contribution in [3.8, 4) is 0 Å². The number of hydrogen-bond acceptors (Lipinski definition) is 3. The van der Waals surface area contributed by atoms with E-state index in [2.05, 4.69) is 23.6 Å². The molecule has 1 aromatic rings. The molecular weight excluding hydrogens is 240 g/mol. The monoisotopic (exact) mass is 260 g/mol. The first-order valence-electron chi connectivity index (χ1n) is 6.91. The van der Waals surface area contributed by atoms with Crippen molar-refractivity contribution >= 4 is 11.6 Å². The van der Waals surface area contributed by atoms with Gasteiger partial charge in [0.2, 0.25) is 5.91 Å². The van der Waals surface area contributed by atoms with Crippen molar-refractivity contribution in [2.75, 3.05) is 18.5 Å². The lowest BCUT2D eigenvalue weighted by Gasteiger charge is -2.30. The number of aryl methyl sites for hydroxylation is 1. The van der Waals surface area contributed by atoms with Crippen molar-refractivity contribution in [3.63, 3.8) is 0 Å². The van der Waals surface area contributed by atoms with Gasteiger partial charge in [-0.15, -0.1) is 0 Å². The predicted molar refractivity (Wildman–Crippen MR) is 74.2 cm³/mol. The van der Waals surface area contributed by atoms with Gasteiger partial charge in [-0.2, -0.15) is 0 Å². The van der Waals surface area contributed by atoms with Gasteiger partial charge in [-0.1, -0.05) is 18.2 Å². The Morgan fingerprint density at radius 3 is 3.11 bits per heavy atom. The van der Waals surface area contributed by atoms with Crippen LogP contribution >= 0.6 is 0 Å². The molecule has 2 unspecified atom stereocenters. The number of amides is 1. The van der Waals surface area contributed by atoms with Crippen LogP contribution in [0.5, 0.6) is 0 Å². The highest BCUT2D eigenvalue weighted by atomic mass is 16.5. The van der Waals surface area contributed by atoms with Crippen molar-refractivity contribution < 1.29 is 9.53 Å². The average molecular weight is 260 g/mol. The number of fused-ring (bicyclic) bond motifs is 1. The van der Waals surface area contributed by atoms with Gasteiger partial charge in [0.15, 0.2) is 0 Å². The summed E-state index contributed by atoms with van der Waals surface area (Å²) >= 11 is 0. The van der Waals surface area contributed by atoms with Crippen molar-refractivity contribution in [1.29, 1.82) is 0 Å². The number of carbonyl (C=O) groups is 1. The second-order valence-corrected chi connectivity index (χ2v) is 5.75. The minimum atomic E-state index is -0.199. The molecule has 0 aliphatic carbocycles. The van der Waals surface area contributed by atoms with Gasteiger partial charge >= 0.3 is 0 Å². The molecule has 0 saturated carbocycles. The first-order valence-corrected chi connectivity index (χ1v) is 6.91. The Morgan fingerprint density at radius 1 is 1.47 bits per heavy atom. The molecule has 3 rings (SSSR count). The number of carbonyl (C=O) groups excluding carboxylic acids is 1. The van der Waals surface area contributed by atoms with Gasteiger partial charge in [0.05, 0.1) is 12.1 Å². The topological polar surface area (TPSA) is 50.4 Å². The Hall–Kier alpha value is -1.55. The van der Waals surface area contributed by atoms with Gasteiger partial charge in [-0.3, -0.25) is 4.79 Å². The van der Waals surface area contributed by atoms with E-state index in [1.165, 1.54) is 5.56 Å². The number of hydrogen-bond donors (Lipinski definition) is 2. The Bertz CT molecular complexity index is 481. The number of benzene rings is 1. The van der Waals surface area contributed by atoms with Crippen LogP contribution in [0.2, 0.25) is 0 Å². The zero-order valence-electron chi connectivity index (χ0n) is 11.2. The van der Waals surface area contributed by atoms with E-state index in [1.54, 1.807) is 0 Å². The molecule has 0 aromatic heterocycles. The summed E-state index contributed by atoms with van der Waals surface area (Å²) in [6, 6.07) is 8.06. The van der Waals surface area contributed by atoms with Crippen LogP contribution in [0.3, 0.4) is 0 Å². The summed E-state index contributed by atoms with van der Waals surface area (Å²) in [5, 5.41) is 6.46. The van der Waals surface area contributed by atoms with Crippen LogP contribution in [-0.4, -0.2) is 30.7 Å². The normalized spacial score (nSPS) is 29.4. The van der Waals surface area contributed by atoms with Crippen LogP contribution in [0.25, 0.3) is 0 Å². The highest BCUT2D eigenvalue weighted by molar-refractivity contribution is 5.86. The zero-order chi connectivity index (χ0) is 13.3. The first-order chi connectivity index (χ1) is 9.16. The number of rotatable bonds is 2. The van der Waals surface area contributed by atoms with Crippen LogP contribution in [0.15, 0.2) is 24.3 Å². The number of ether oxygens (including phenoxy) is 1. The van der Waals surface area contributed by atoms with E-state index in [-0.39, 0.29) is 17.5 Å². The molecule has 0 spiro atoms. The molecule has 0 radical (unpaired) electrons. The summed E-state index contributed by atoms with van der Waals surface area (Å²) < 4.78 is 5.37. The van der Waals surface area contributed by atoms with Crippen LogP contribution in [-0.2, 0) is 16.0 Å².